The molecular weight excluding hydrogens is 320 g/mol. The molecule has 2 heterocycles. The normalized spacial score (nSPS) is 14.3. The fourth-order valence-corrected chi connectivity index (χ4v) is 2.62. The number of fused-ring (bicyclic) bond motifs is 1. The summed E-state index contributed by atoms with van der Waals surface area (Å²) in [4.78, 5) is 12.3. The molecule has 0 bridgehead atoms. The molecule has 0 aliphatic carbocycles. The summed E-state index contributed by atoms with van der Waals surface area (Å²) in [7, 11) is 0. The van der Waals surface area contributed by atoms with Gasteiger partial charge in [-0.1, -0.05) is 11.6 Å². The lowest BCUT2D eigenvalue weighted by molar-refractivity contribution is -0.384. The largest absolute Gasteiger partial charge is 0.357 e. The number of alkyl halides is 2. The Morgan fingerprint density at radius 2 is 2.09 bits per heavy atom. The van der Waals surface area contributed by atoms with Gasteiger partial charge in [0.2, 0.25) is 0 Å². The van der Waals surface area contributed by atoms with Crippen molar-refractivity contribution in [1.29, 1.82) is 0 Å². The number of hydrogen-bond donors (Lipinski definition) is 0. The first kappa shape index (κ1) is 14.6. The van der Waals surface area contributed by atoms with Gasteiger partial charge in [-0.2, -0.15) is 0 Å². The number of hydrogen-bond acceptors (Lipinski definition) is 5. The van der Waals surface area contributed by atoms with Crippen molar-refractivity contribution in [2.45, 2.75) is 19.5 Å². The maximum Gasteiger partial charge on any atom is 0.297 e. The molecule has 0 N–H and O–H groups in total. The molecule has 2 aromatic rings. The summed E-state index contributed by atoms with van der Waals surface area (Å²) in [6, 6.07) is 4.36. The third-order valence-electron chi connectivity index (χ3n) is 3.45. The summed E-state index contributed by atoms with van der Waals surface area (Å²) in [5.74, 6) is -0.0222. The van der Waals surface area contributed by atoms with Gasteiger partial charge < -0.3 is 9.47 Å². The highest BCUT2D eigenvalue weighted by Gasteiger charge is 2.28. The molecule has 0 amide bonds. The molecule has 1 aliphatic rings. The smallest absolute Gasteiger partial charge is 0.297 e. The molecule has 0 saturated carbocycles. The standard InChI is InChI=1S/C12H10ClF2N5O2/c13-7-1-2-8(9(5-7)20(21)22)18-3-4-19-10(6-18)16-17-12(19)11(14)15/h1-2,5,11H,3-4,6H2. The minimum Gasteiger partial charge on any atom is -0.357 e. The maximum absolute atomic E-state index is 12.8. The predicted octanol–water partition coefficient (Wildman–Crippen LogP) is 2.80. The molecule has 22 heavy (non-hydrogen) atoms. The fraction of sp³-hybridized carbons (Fsp3) is 0.333. The van der Waals surface area contributed by atoms with E-state index in [2.05, 4.69) is 10.2 Å². The number of halogens is 3. The lowest BCUT2D eigenvalue weighted by Gasteiger charge is -2.29. The molecule has 1 aliphatic heterocycles. The first-order valence-electron chi connectivity index (χ1n) is 6.36. The van der Waals surface area contributed by atoms with E-state index in [9.17, 15) is 18.9 Å². The molecule has 0 unspecified atom stereocenters. The Bertz CT molecular complexity index is 736. The molecule has 116 valence electrons. The van der Waals surface area contributed by atoms with Gasteiger partial charge in [-0.3, -0.25) is 10.1 Å². The Labute approximate surface area is 128 Å². The van der Waals surface area contributed by atoms with Gasteiger partial charge in [-0.05, 0) is 12.1 Å². The third kappa shape index (κ3) is 2.47. The highest BCUT2D eigenvalue weighted by Crippen LogP contribution is 2.33. The van der Waals surface area contributed by atoms with Crippen molar-refractivity contribution in [1.82, 2.24) is 14.8 Å². The van der Waals surface area contributed by atoms with Gasteiger partial charge in [0.05, 0.1) is 11.5 Å². The highest BCUT2D eigenvalue weighted by molar-refractivity contribution is 6.30. The lowest BCUT2D eigenvalue weighted by atomic mass is 10.2. The van der Waals surface area contributed by atoms with Crippen LogP contribution in [0.15, 0.2) is 18.2 Å². The molecule has 3 rings (SSSR count). The monoisotopic (exact) mass is 329 g/mol. The van der Waals surface area contributed by atoms with Crippen LogP contribution < -0.4 is 4.90 Å². The number of nitro benzene ring substituents is 1. The topological polar surface area (TPSA) is 77.1 Å². The zero-order chi connectivity index (χ0) is 15.9. The van der Waals surface area contributed by atoms with Crippen molar-refractivity contribution in [2.24, 2.45) is 0 Å². The number of aromatic nitrogens is 3. The van der Waals surface area contributed by atoms with E-state index in [0.29, 0.717) is 18.1 Å². The van der Waals surface area contributed by atoms with E-state index < -0.39 is 11.3 Å². The van der Waals surface area contributed by atoms with Crippen LogP contribution in [0.25, 0.3) is 0 Å². The van der Waals surface area contributed by atoms with Crippen LogP contribution in [-0.2, 0) is 13.1 Å². The van der Waals surface area contributed by atoms with E-state index in [1.54, 1.807) is 17.0 Å². The average molecular weight is 330 g/mol. The molecule has 0 fully saturated rings. The molecule has 0 spiro atoms. The molecule has 0 radical (unpaired) electrons. The van der Waals surface area contributed by atoms with Gasteiger partial charge in [-0.25, -0.2) is 8.78 Å². The summed E-state index contributed by atoms with van der Waals surface area (Å²) in [5.41, 5.74) is 0.247. The molecule has 7 nitrogen and oxygen atoms in total. The number of benzene rings is 1. The molecule has 1 aromatic heterocycles. The Morgan fingerprint density at radius 1 is 1.32 bits per heavy atom. The fourth-order valence-electron chi connectivity index (χ4n) is 2.46. The van der Waals surface area contributed by atoms with Crippen molar-refractivity contribution < 1.29 is 13.7 Å². The first-order chi connectivity index (χ1) is 10.5. The van der Waals surface area contributed by atoms with Gasteiger partial charge >= 0.3 is 0 Å². The van der Waals surface area contributed by atoms with Crippen molar-refractivity contribution >= 4 is 23.0 Å². The van der Waals surface area contributed by atoms with Crippen LogP contribution in [-0.4, -0.2) is 26.2 Å². The van der Waals surface area contributed by atoms with Gasteiger partial charge in [-0.15, -0.1) is 10.2 Å². The van der Waals surface area contributed by atoms with Gasteiger partial charge in [0.15, 0.2) is 11.6 Å². The molecular formula is C12H10ClF2N5O2. The second-order valence-electron chi connectivity index (χ2n) is 4.74. The second-order valence-corrected chi connectivity index (χ2v) is 5.17. The Balaban J connectivity index is 1.94. The predicted molar refractivity (Wildman–Crippen MR) is 74.1 cm³/mol. The van der Waals surface area contributed by atoms with Crippen LogP contribution in [0, 0.1) is 10.1 Å². The van der Waals surface area contributed by atoms with E-state index in [0.717, 1.165) is 0 Å². The minimum absolute atomic E-state index is 0.130. The van der Waals surface area contributed by atoms with E-state index >= 15 is 0 Å². The SMILES string of the molecule is O=[N+]([O-])c1cc(Cl)ccc1N1CCn2c(nnc2C(F)F)C1. The summed E-state index contributed by atoms with van der Waals surface area (Å²) >= 11 is 5.79. The highest BCUT2D eigenvalue weighted by atomic mass is 35.5. The zero-order valence-electron chi connectivity index (χ0n) is 11.1. The maximum atomic E-state index is 12.8. The summed E-state index contributed by atoms with van der Waals surface area (Å²) in [6.07, 6.45) is -2.70. The second kappa shape index (κ2) is 5.48. The Hall–Kier alpha value is -2.29. The number of anilines is 1. The van der Waals surface area contributed by atoms with Crippen LogP contribution in [0.3, 0.4) is 0 Å². The van der Waals surface area contributed by atoms with E-state index in [1.807, 2.05) is 0 Å². The van der Waals surface area contributed by atoms with Crippen molar-refractivity contribution in [3.05, 3.63) is 45.0 Å². The Kier molecular flexibility index (Phi) is 3.65. The van der Waals surface area contributed by atoms with Gasteiger partial charge in [0.25, 0.3) is 12.1 Å². The molecule has 0 atom stereocenters. The summed E-state index contributed by atoms with van der Waals surface area (Å²) < 4.78 is 26.9. The van der Waals surface area contributed by atoms with E-state index in [-0.39, 0.29) is 29.6 Å². The quantitative estimate of drug-likeness (QED) is 0.639. The van der Waals surface area contributed by atoms with Crippen LogP contribution in [0.5, 0.6) is 0 Å². The summed E-state index contributed by atoms with van der Waals surface area (Å²) in [5, 5.41) is 18.6. The van der Waals surface area contributed by atoms with E-state index in [1.165, 1.54) is 10.6 Å². The van der Waals surface area contributed by atoms with Crippen LogP contribution in [0.4, 0.5) is 20.2 Å². The average Bonchev–Trinajstić information content (AvgIpc) is 2.90. The van der Waals surface area contributed by atoms with Crippen molar-refractivity contribution in [3.8, 4) is 0 Å². The lowest BCUT2D eigenvalue weighted by Crippen LogP contribution is -2.34. The van der Waals surface area contributed by atoms with Gasteiger partial charge in [0.1, 0.15) is 5.69 Å². The van der Waals surface area contributed by atoms with Gasteiger partial charge in [0, 0.05) is 24.2 Å². The van der Waals surface area contributed by atoms with Crippen LogP contribution in [0.1, 0.15) is 18.1 Å². The molecule has 1 aromatic carbocycles. The number of rotatable bonds is 3. The van der Waals surface area contributed by atoms with Crippen LogP contribution in [0.2, 0.25) is 5.02 Å². The number of nitrogens with zero attached hydrogens (tertiary/aromatic N) is 5. The van der Waals surface area contributed by atoms with Crippen molar-refractivity contribution in [2.75, 3.05) is 11.4 Å². The first-order valence-corrected chi connectivity index (χ1v) is 6.74. The zero-order valence-corrected chi connectivity index (χ0v) is 11.9. The van der Waals surface area contributed by atoms with Crippen molar-refractivity contribution in [3.63, 3.8) is 0 Å². The van der Waals surface area contributed by atoms with E-state index in [4.69, 9.17) is 11.6 Å². The number of nitro groups is 1. The van der Waals surface area contributed by atoms with Crippen LogP contribution >= 0.6 is 11.6 Å². The summed E-state index contributed by atoms with van der Waals surface area (Å²) in [6.45, 7) is 0.747. The third-order valence-corrected chi connectivity index (χ3v) is 3.69. The molecule has 10 heteroatoms. The molecule has 0 saturated heterocycles. The minimum atomic E-state index is -2.70. The Morgan fingerprint density at radius 3 is 2.77 bits per heavy atom.